The number of carbonyl (C=O) groups is 1. The predicted octanol–water partition coefficient (Wildman–Crippen LogP) is 0.756. The van der Waals surface area contributed by atoms with E-state index in [-0.39, 0.29) is 23.4 Å². The zero-order chi connectivity index (χ0) is 11.4. The Morgan fingerprint density at radius 1 is 1.67 bits per heavy atom. The summed E-state index contributed by atoms with van der Waals surface area (Å²) in [7, 11) is 0. The van der Waals surface area contributed by atoms with Crippen molar-refractivity contribution in [1.82, 2.24) is 0 Å². The summed E-state index contributed by atoms with van der Waals surface area (Å²) in [6.45, 7) is 2.50. The highest BCUT2D eigenvalue weighted by Crippen LogP contribution is 2.13. The van der Waals surface area contributed by atoms with E-state index in [0.717, 1.165) is 0 Å². The number of aliphatic hydroxyl groups is 1. The number of hydrogen-bond acceptors (Lipinski definition) is 5. The molecule has 0 radical (unpaired) electrons. The monoisotopic (exact) mass is 212 g/mol. The summed E-state index contributed by atoms with van der Waals surface area (Å²) in [4.78, 5) is 22.1. The summed E-state index contributed by atoms with van der Waals surface area (Å²) in [6, 6.07) is 1.18. The Kier molecular flexibility index (Phi) is 3.62. The third-order valence-corrected chi connectivity index (χ3v) is 1.85. The van der Waals surface area contributed by atoms with Crippen LogP contribution in [0.3, 0.4) is 0 Å². The van der Waals surface area contributed by atoms with Gasteiger partial charge in [-0.25, -0.2) is 0 Å². The van der Waals surface area contributed by atoms with Gasteiger partial charge in [-0.2, -0.15) is 0 Å². The highest BCUT2D eigenvalue weighted by molar-refractivity contribution is 5.66. The molecule has 0 aliphatic carbocycles. The first-order chi connectivity index (χ1) is 7.04. The van der Waals surface area contributed by atoms with Gasteiger partial charge in [-0.3, -0.25) is 9.59 Å². The fourth-order valence-corrected chi connectivity index (χ4v) is 1.15. The molecule has 0 aliphatic rings. The minimum absolute atomic E-state index is 0.179. The summed E-state index contributed by atoms with van der Waals surface area (Å²) in [5.41, 5.74) is -0.0681. The Bertz CT molecular complexity index is 407. The van der Waals surface area contributed by atoms with Crippen LogP contribution in [-0.2, 0) is 16.1 Å². The highest BCUT2D eigenvalue weighted by Gasteiger charge is 2.13. The molecule has 5 nitrogen and oxygen atoms in total. The van der Waals surface area contributed by atoms with Crippen molar-refractivity contribution in [3.05, 3.63) is 33.9 Å². The number of carbonyl (C=O) groups excluding carboxylic acids is 1. The van der Waals surface area contributed by atoms with E-state index in [4.69, 9.17) is 14.3 Å². The molecule has 0 unspecified atom stereocenters. The molecule has 1 heterocycles. The van der Waals surface area contributed by atoms with Gasteiger partial charge in [0, 0.05) is 13.0 Å². The molecular weight excluding hydrogens is 200 g/mol. The van der Waals surface area contributed by atoms with E-state index >= 15 is 0 Å². The van der Waals surface area contributed by atoms with Crippen molar-refractivity contribution in [2.75, 3.05) is 0 Å². The van der Waals surface area contributed by atoms with Crippen LogP contribution in [0.25, 0.3) is 0 Å². The zero-order valence-corrected chi connectivity index (χ0v) is 8.52. The smallest absolute Gasteiger partial charge is 0.303 e. The highest BCUT2D eigenvalue weighted by atomic mass is 16.5. The third kappa shape index (κ3) is 2.92. The van der Waals surface area contributed by atoms with Gasteiger partial charge in [-0.15, -0.1) is 0 Å². The Morgan fingerprint density at radius 3 is 2.80 bits per heavy atom. The predicted molar refractivity (Wildman–Crippen MR) is 51.1 cm³/mol. The van der Waals surface area contributed by atoms with Gasteiger partial charge in [0.15, 0.2) is 5.43 Å². The minimum atomic E-state index is -0.647. The van der Waals surface area contributed by atoms with Crippen molar-refractivity contribution < 1.29 is 19.1 Å². The van der Waals surface area contributed by atoms with Crippen molar-refractivity contribution in [1.29, 1.82) is 0 Å². The van der Waals surface area contributed by atoms with Crippen molar-refractivity contribution in [3.8, 4) is 0 Å². The maximum atomic E-state index is 11.5. The first-order valence-corrected chi connectivity index (χ1v) is 4.44. The van der Waals surface area contributed by atoms with Crippen molar-refractivity contribution in [2.24, 2.45) is 0 Å². The summed E-state index contributed by atoms with van der Waals surface area (Å²) >= 11 is 0. The van der Waals surface area contributed by atoms with Crippen LogP contribution in [0.1, 0.15) is 31.3 Å². The number of ether oxygens (including phenoxy) is 1. The second-order valence-electron chi connectivity index (χ2n) is 3.08. The molecule has 1 atom stereocenters. The van der Waals surface area contributed by atoms with Gasteiger partial charge >= 0.3 is 5.97 Å². The molecule has 1 N–H and O–H groups in total. The van der Waals surface area contributed by atoms with Gasteiger partial charge in [-0.05, 0) is 6.92 Å². The molecule has 0 aromatic carbocycles. The first kappa shape index (κ1) is 11.5. The standard InChI is InChI=1S/C10H12O5/c1-6(15-7(2)12)9-5-14-8(4-11)3-10(9)13/h3,5-6,11H,4H2,1-2H3/t6-/m0/s1. The molecule has 0 saturated heterocycles. The molecule has 1 aromatic heterocycles. The average molecular weight is 212 g/mol. The molecule has 0 bridgehead atoms. The topological polar surface area (TPSA) is 76.7 Å². The molecule has 15 heavy (non-hydrogen) atoms. The average Bonchev–Trinajstić information content (AvgIpc) is 2.16. The normalized spacial score (nSPS) is 12.2. The van der Waals surface area contributed by atoms with E-state index in [1.807, 2.05) is 0 Å². The zero-order valence-electron chi connectivity index (χ0n) is 8.52. The van der Waals surface area contributed by atoms with Crippen LogP contribution in [-0.4, -0.2) is 11.1 Å². The quantitative estimate of drug-likeness (QED) is 0.748. The van der Waals surface area contributed by atoms with E-state index in [9.17, 15) is 9.59 Å². The molecular formula is C10H12O5. The maximum Gasteiger partial charge on any atom is 0.303 e. The lowest BCUT2D eigenvalue weighted by molar-refractivity contribution is -0.145. The SMILES string of the molecule is CC(=O)O[C@@H](C)c1coc(CO)cc1=O. The van der Waals surface area contributed by atoms with Gasteiger partial charge in [0.1, 0.15) is 24.7 Å². The molecule has 1 rings (SSSR count). The largest absolute Gasteiger partial charge is 0.466 e. The van der Waals surface area contributed by atoms with Crippen molar-refractivity contribution in [3.63, 3.8) is 0 Å². The lowest BCUT2D eigenvalue weighted by Crippen LogP contribution is -2.15. The summed E-state index contributed by atoms with van der Waals surface area (Å²) < 4.78 is 9.78. The van der Waals surface area contributed by atoms with Crippen LogP contribution < -0.4 is 5.43 Å². The van der Waals surface area contributed by atoms with Crippen LogP contribution in [0.2, 0.25) is 0 Å². The fraction of sp³-hybridized carbons (Fsp3) is 0.400. The summed E-state index contributed by atoms with van der Waals surface area (Å²) in [6.07, 6.45) is 0.549. The van der Waals surface area contributed by atoms with E-state index < -0.39 is 12.1 Å². The van der Waals surface area contributed by atoms with Gasteiger partial charge in [0.05, 0.1) is 5.56 Å². The Morgan fingerprint density at radius 2 is 2.33 bits per heavy atom. The van der Waals surface area contributed by atoms with Crippen LogP contribution in [0.4, 0.5) is 0 Å². The fourth-order valence-electron chi connectivity index (χ4n) is 1.15. The Hall–Kier alpha value is -1.62. The van der Waals surface area contributed by atoms with E-state index in [1.165, 1.54) is 19.3 Å². The van der Waals surface area contributed by atoms with Crippen LogP contribution in [0.5, 0.6) is 0 Å². The molecule has 0 saturated carbocycles. The number of hydrogen-bond donors (Lipinski definition) is 1. The minimum Gasteiger partial charge on any atom is -0.466 e. The number of esters is 1. The molecule has 82 valence electrons. The number of aliphatic hydroxyl groups excluding tert-OH is 1. The lowest BCUT2D eigenvalue weighted by Gasteiger charge is -2.10. The lowest BCUT2D eigenvalue weighted by atomic mass is 10.2. The van der Waals surface area contributed by atoms with E-state index in [1.54, 1.807) is 6.92 Å². The van der Waals surface area contributed by atoms with Gasteiger partial charge < -0.3 is 14.3 Å². The Labute approximate surface area is 86.3 Å². The van der Waals surface area contributed by atoms with Gasteiger partial charge in [0.25, 0.3) is 0 Å². The van der Waals surface area contributed by atoms with Crippen LogP contribution >= 0.6 is 0 Å². The van der Waals surface area contributed by atoms with Crippen LogP contribution in [0.15, 0.2) is 21.5 Å². The molecule has 1 aromatic rings. The third-order valence-electron chi connectivity index (χ3n) is 1.85. The summed E-state index contributed by atoms with van der Waals surface area (Å²) in [5, 5.41) is 8.72. The molecule has 0 aliphatic heterocycles. The van der Waals surface area contributed by atoms with Crippen molar-refractivity contribution >= 4 is 5.97 Å². The first-order valence-electron chi connectivity index (χ1n) is 4.44. The molecule has 0 spiro atoms. The van der Waals surface area contributed by atoms with E-state index in [2.05, 4.69) is 0 Å². The molecule has 5 heteroatoms. The van der Waals surface area contributed by atoms with Gasteiger partial charge in [0.2, 0.25) is 0 Å². The molecule has 0 amide bonds. The van der Waals surface area contributed by atoms with Crippen LogP contribution in [0, 0.1) is 0 Å². The molecule has 0 fully saturated rings. The second-order valence-corrected chi connectivity index (χ2v) is 3.08. The number of rotatable bonds is 3. The van der Waals surface area contributed by atoms with Crippen molar-refractivity contribution in [2.45, 2.75) is 26.6 Å². The summed E-state index contributed by atoms with van der Waals surface area (Å²) in [5.74, 6) is -0.285. The maximum absolute atomic E-state index is 11.5. The Balaban J connectivity index is 2.95. The van der Waals surface area contributed by atoms with E-state index in [0.29, 0.717) is 0 Å². The second kappa shape index (κ2) is 4.75. The van der Waals surface area contributed by atoms with Gasteiger partial charge in [-0.1, -0.05) is 0 Å².